The molecule has 2 aromatic carbocycles. The van der Waals surface area contributed by atoms with E-state index in [1.54, 1.807) is 16.2 Å². The molecule has 2 amide bonds. The van der Waals surface area contributed by atoms with Crippen LogP contribution in [0.4, 0.5) is 5.69 Å². The lowest BCUT2D eigenvalue weighted by molar-refractivity contribution is -0.128. The van der Waals surface area contributed by atoms with Crippen molar-refractivity contribution in [3.63, 3.8) is 0 Å². The average Bonchev–Trinajstić information content (AvgIpc) is 3.22. The molecule has 0 saturated carbocycles. The van der Waals surface area contributed by atoms with Crippen LogP contribution in [0.5, 0.6) is 0 Å². The second-order valence-corrected chi connectivity index (χ2v) is 8.12. The third-order valence-electron chi connectivity index (χ3n) is 4.86. The second kappa shape index (κ2) is 7.48. The predicted octanol–water partition coefficient (Wildman–Crippen LogP) is 3.63. The largest absolute Gasteiger partial charge is 0.342 e. The summed E-state index contributed by atoms with van der Waals surface area (Å²) in [4.78, 5) is 31.1. The predicted molar refractivity (Wildman–Crippen MR) is 108 cm³/mol. The number of hydrogen-bond donors (Lipinski definition) is 1. The van der Waals surface area contributed by atoms with Gasteiger partial charge in [-0.05, 0) is 37.1 Å². The first-order valence-corrected chi connectivity index (χ1v) is 9.90. The van der Waals surface area contributed by atoms with Gasteiger partial charge in [-0.2, -0.15) is 0 Å². The molecule has 4 rings (SSSR count). The minimum absolute atomic E-state index is 0.0552. The number of amides is 2. The van der Waals surface area contributed by atoms with Crippen molar-refractivity contribution in [2.24, 2.45) is 5.92 Å². The molecular weight excluding hydrogens is 358 g/mol. The number of hydrogen-bond acceptors (Lipinski definition) is 4. The number of nitrogens with zero attached hydrogens (tertiary/aromatic N) is 2. The van der Waals surface area contributed by atoms with Crippen molar-refractivity contribution >= 4 is 39.1 Å². The van der Waals surface area contributed by atoms with Crippen molar-refractivity contribution < 1.29 is 9.59 Å². The SMILES string of the molecule is Cc1nc2ccc(NC(=O)[C@@H]3CC(=O)N(CCc4ccccc4)C3)cc2s1. The topological polar surface area (TPSA) is 62.3 Å². The van der Waals surface area contributed by atoms with Crippen LogP contribution in [0.3, 0.4) is 0 Å². The Labute approximate surface area is 162 Å². The Morgan fingerprint density at radius 1 is 1.26 bits per heavy atom. The fourth-order valence-corrected chi connectivity index (χ4v) is 4.30. The highest BCUT2D eigenvalue weighted by Gasteiger charge is 2.34. The maximum absolute atomic E-state index is 12.6. The molecule has 0 bridgehead atoms. The summed E-state index contributed by atoms with van der Waals surface area (Å²) in [5.41, 5.74) is 2.90. The first-order chi connectivity index (χ1) is 13.1. The number of aryl methyl sites for hydroxylation is 1. The summed E-state index contributed by atoms with van der Waals surface area (Å²) in [6.07, 6.45) is 1.09. The van der Waals surface area contributed by atoms with Crippen molar-refractivity contribution in [3.05, 3.63) is 59.1 Å². The van der Waals surface area contributed by atoms with E-state index in [-0.39, 0.29) is 24.2 Å². The second-order valence-electron chi connectivity index (χ2n) is 6.88. The Bertz CT molecular complexity index is 984. The molecule has 1 fully saturated rings. The number of likely N-dealkylation sites (tertiary alicyclic amines) is 1. The van der Waals surface area contributed by atoms with Gasteiger partial charge in [0.1, 0.15) is 0 Å². The minimum Gasteiger partial charge on any atom is -0.342 e. The van der Waals surface area contributed by atoms with Crippen molar-refractivity contribution in [3.8, 4) is 0 Å². The highest BCUT2D eigenvalue weighted by atomic mass is 32.1. The van der Waals surface area contributed by atoms with Crippen molar-refractivity contribution in [2.75, 3.05) is 18.4 Å². The van der Waals surface area contributed by atoms with E-state index in [4.69, 9.17) is 0 Å². The number of benzene rings is 2. The molecule has 3 aromatic rings. The van der Waals surface area contributed by atoms with E-state index in [2.05, 4.69) is 22.4 Å². The van der Waals surface area contributed by atoms with Gasteiger partial charge in [0.15, 0.2) is 0 Å². The molecule has 1 N–H and O–H groups in total. The molecule has 1 aromatic heterocycles. The van der Waals surface area contributed by atoms with Crippen LogP contribution in [0.25, 0.3) is 10.2 Å². The third-order valence-corrected chi connectivity index (χ3v) is 5.80. The summed E-state index contributed by atoms with van der Waals surface area (Å²) in [6.45, 7) is 3.11. The highest BCUT2D eigenvalue weighted by Crippen LogP contribution is 2.26. The van der Waals surface area contributed by atoms with Gasteiger partial charge in [0.2, 0.25) is 11.8 Å². The highest BCUT2D eigenvalue weighted by molar-refractivity contribution is 7.18. The van der Waals surface area contributed by atoms with Crippen molar-refractivity contribution in [2.45, 2.75) is 19.8 Å². The molecule has 0 unspecified atom stereocenters. The standard InChI is InChI=1S/C21H21N3O2S/c1-14-22-18-8-7-17(12-19(18)27-14)23-21(26)16-11-20(25)24(13-16)10-9-15-5-3-2-4-6-15/h2-8,12,16H,9-11,13H2,1H3,(H,23,26)/t16-/m1/s1. The zero-order valence-electron chi connectivity index (χ0n) is 15.1. The molecule has 138 valence electrons. The lowest BCUT2D eigenvalue weighted by Gasteiger charge is -2.16. The Hall–Kier alpha value is -2.73. The number of aromatic nitrogens is 1. The molecule has 1 saturated heterocycles. The fourth-order valence-electron chi connectivity index (χ4n) is 3.43. The van der Waals surface area contributed by atoms with Crippen molar-refractivity contribution in [1.29, 1.82) is 0 Å². The van der Waals surface area contributed by atoms with Crippen LogP contribution in [-0.4, -0.2) is 34.8 Å². The van der Waals surface area contributed by atoms with Crippen LogP contribution >= 0.6 is 11.3 Å². The Morgan fingerprint density at radius 3 is 2.89 bits per heavy atom. The Morgan fingerprint density at radius 2 is 2.07 bits per heavy atom. The molecule has 0 radical (unpaired) electrons. The average molecular weight is 379 g/mol. The zero-order valence-corrected chi connectivity index (χ0v) is 16.0. The quantitative estimate of drug-likeness (QED) is 0.736. The van der Waals surface area contributed by atoms with Crippen LogP contribution in [0.1, 0.15) is 17.0 Å². The number of thiazole rings is 1. The number of rotatable bonds is 5. The summed E-state index contributed by atoms with van der Waals surface area (Å²) in [5, 5.41) is 3.96. The number of nitrogens with one attached hydrogen (secondary N) is 1. The number of fused-ring (bicyclic) bond motifs is 1. The lowest BCUT2D eigenvalue weighted by Crippen LogP contribution is -2.30. The molecule has 1 aliphatic heterocycles. The third kappa shape index (κ3) is 4.01. The monoisotopic (exact) mass is 379 g/mol. The van der Waals surface area contributed by atoms with Gasteiger partial charge in [-0.25, -0.2) is 4.98 Å². The van der Waals surface area contributed by atoms with Gasteiger partial charge >= 0.3 is 0 Å². The summed E-state index contributed by atoms with van der Waals surface area (Å²) >= 11 is 1.61. The number of carbonyl (C=O) groups is 2. The van der Waals surface area contributed by atoms with Crippen LogP contribution in [0, 0.1) is 12.8 Å². The van der Waals surface area contributed by atoms with Gasteiger partial charge in [-0.1, -0.05) is 30.3 Å². The van der Waals surface area contributed by atoms with E-state index in [9.17, 15) is 9.59 Å². The molecule has 1 aliphatic rings. The van der Waals surface area contributed by atoms with E-state index in [0.29, 0.717) is 13.1 Å². The van der Waals surface area contributed by atoms with Crippen LogP contribution in [0.2, 0.25) is 0 Å². The Balaban J connectivity index is 1.36. The summed E-state index contributed by atoms with van der Waals surface area (Å²) in [6, 6.07) is 15.8. The minimum atomic E-state index is -0.299. The zero-order chi connectivity index (χ0) is 18.8. The maximum Gasteiger partial charge on any atom is 0.229 e. The summed E-state index contributed by atoms with van der Waals surface area (Å²) in [7, 11) is 0. The van der Waals surface area contributed by atoms with E-state index in [0.717, 1.165) is 27.3 Å². The van der Waals surface area contributed by atoms with Crippen molar-refractivity contribution in [1.82, 2.24) is 9.88 Å². The number of carbonyl (C=O) groups excluding carboxylic acids is 2. The van der Waals surface area contributed by atoms with Crippen LogP contribution in [-0.2, 0) is 16.0 Å². The molecule has 0 aliphatic carbocycles. The first-order valence-electron chi connectivity index (χ1n) is 9.08. The first kappa shape index (κ1) is 17.7. The molecule has 6 heteroatoms. The molecule has 0 spiro atoms. The molecule has 1 atom stereocenters. The maximum atomic E-state index is 12.6. The molecule has 27 heavy (non-hydrogen) atoms. The lowest BCUT2D eigenvalue weighted by atomic mass is 10.1. The number of anilines is 1. The van der Waals surface area contributed by atoms with E-state index < -0.39 is 0 Å². The smallest absolute Gasteiger partial charge is 0.229 e. The van der Waals surface area contributed by atoms with Crippen LogP contribution in [0.15, 0.2) is 48.5 Å². The normalized spacial score (nSPS) is 16.9. The molecule has 5 nitrogen and oxygen atoms in total. The summed E-state index contributed by atoms with van der Waals surface area (Å²) in [5.74, 6) is -0.335. The van der Waals surface area contributed by atoms with Gasteiger partial charge in [-0.3, -0.25) is 9.59 Å². The fraction of sp³-hybridized carbons (Fsp3) is 0.286. The van der Waals surface area contributed by atoms with E-state index in [1.807, 2.05) is 43.3 Å². The van der Waals surface area contributed by atoms with Gasteiger partial charge in [-0.15, -0.1) is 11.3 Å². The van der Waals surface area contributed by atoms with Gasteiger partial charge in [0, 0.05) is 25.2 Å². The molecule has 2 heterocycles. The van der Waals surface area contributed by atoms with Gasteiger partial charge < -0.3 is 10.2 Å². The van der Waals surface area contributed by atoms with E-state index >= 15 is 0 Å². The summed E-state index contributed by atoms with van der Waals surface area (Å²) < 4.78 is 1.05. The molecular formula is C21H21N3O2S. The van der Waals surface area contributed by atoms with E-state index in [1.165, 1.54) is 5.56 Å². The van der Waals surface area contributed by atoms with Gasteiger partial charge in [0.25, 0.3) is 0 Å². The van der Waals surface area contributed by atoms with Gasteiger partial charge in [0.05, 0.1) is 21.1 Å². The Kier molecular flexibility index (Phi) is 4.90. The van der Waals surface area contributed by atoms with Crippen LogP contribution < -0.4 is 5.32 Å².